The second kappa shape index (κ2) is 4.72. The molecule has 1 heterocycles. The summed E-state index contributed by atoms with van der Waals surface area (Å²) in [6.07, 6.45) is 3.64. The fourth-order valence-corrected chi connectivity index (χ4v) is 1.31. The maximum Gasteiger partial charge on any atom is 0.246 e. The molecule has 70 valence electrons. The third kappa shape index (κ3) is 3.03. The van der Waals surface area contributed by atoms with Crippen molar-refractivity contribution in [1.29, 1.82) is 0 Å². The van der Waals surface area contributed by atoms with E-state index in [0.717, 1.165) is 13.1 Å². The highest BCUT2D eigenvalue weighted by Gasteiger charge is 2.14. The average Bonchev–Trinajstić information content (AvgIpc) is 2.06. The first-order valence-electron chi connectivity index (χ1n) is 4.43. The normalized spacial score (nSPS) is 21.8. The van der Waals surface area contributed by atoms with E-state index in [0.29, 0.717) is 0 Å². The van der Waals surface area contributed by atoms with Crippen LogP contribution in [0, 0.1) is 0 Å². The van der Waals surface area contributed by atoms with Crippen LogP contribution in [-0.4, -0.2) is 29.3 Å². The Morgan fingerprint density at radius 2 is 2.00 bits per heavy atom. The van der Waals surface area contributed by atoms with Crippen LogP contribution in [0.4, 0.5) is 0 Å². The van der Waals surface area contributed by atoms with Gasteiger partial charge in [-0.3, -0.25) is 10.2 Å². The van der Waals surface area contributed by atoms with Gasteiger partial charge >= 0.3 is 0 Å². The number of thiol groups is 1. The van der Waals surface area contributed by atoms with Gasteiger partial charge in [0.25, 0.3) is 0 Å². The molecule has 1 N–H and O–H groups in total. The van der Waals surface area contributed by atoms with Gasteiger partial charge < -0.3 is 0 Å². The lowest BCUT2D eigenvalue weighted by Crippen LogP contribution is -2.47. The molecule has 1 aliphatic heterocycles. The Labute approximate surface area is 78.9 Å². The second-order valence-corrected chi connectivity index (χ2v) is 3.97. The Morgan fingerprint density at radius 3 is 2.50 bits per heavy atom. The number of nitrogens with zero attached hydrogens (tertiary/aromatic N) is 1. The summed E-state index contributed by atoms with van der Waals surface area (Å²) in [5, 5.41) is 1.77. The first-order chi connectivity index (χ1) is 5.70. The number of hydrogen-bond acceptors (Lipinski definition) is 3. The van der Waals surface area contributed by atoms with Crippen LogP contribution in [0.1, 0.15) is 26.2 Å². The molecule has 0 aromatic heterocycles. The van der Waals surface area contributed by atoms with Crippen molar-refractivity contribution >= 4 is 18.5 Å². The first kappa shape index (κ1) is 9.86. The Balaban J connectivity index is 2.24. The topological polar surface area (TPSA) is 32.3 Å². The van der Waals surface area contributed by atoms with Gasteiger partial charge in [-0.25, -0.2) is 5.01 Å². The van der Waals surface area contributed by atoms with E-state index in [-0.39, 0.29) is 11.2 Å². The molecule has 0 bridgehead atoms. The maximum absolute atomic E-state index is 11.2. The molecule has 0 radical (unpaired) electrons. The standard InChI is InChI=1S/C8H16N2OS/c1-7(12)8(11)9-10-5-3-2-4-6-10/h7,12H,2-6H2,1H3,(H,9,11). The van der Waals surface area contributed by atoms with Crippen LogP contribution >= 0.6 is 12.6 Å². The van der Waals surface area contributed by atoms with Crippen LogP contribution in [0.5, 0.6) is 0 Å². The SMILES string of the molecule is CC(S)C(=O)NN1CCCCC1. The molecule has 1 unspecified atom stereocenters. The van der Waals surface area contributed by atoms with E-state index < -0.39 is 0 Å². The van der Waals surface area contributed by atoms with Crippen molar-refractivity contribution in [2.45, 2.75) is 31.4 Å². The smallest absolute Gasteiger partial charge is 0.246 e. The van der Waals surface area contributed by atoms with Crippen LogP contribution in [0.2, 0.25) is 0 Å². The van der Waals surface area contributed by atoms with Gasteiger partial charge in [0.2, 0.25) is 5.91 Å². The van der Waals surface area contributed by atoms with E-state index >= 15 is 0 Å². The number of hydrogen-bond donors (Lipinski definition) is 2. The van der Waals surface area contributed by atoms with Crippen LogP contribution in [0.3, 0.4) is 0 Å². The number of rotatable bonds is 2. The fourth-order valence-electron chi connectivity index (χ4n) is 1.25. The summed E-state index contributed by atoms with van der Waals surface area (Å²) in [7, 11) is 0. The highest BCUT2D eigenvalue weighted by Crippen LogP contribution is 2.06. The summed E-state index contributed by atoms with van der Waals surface area (Å²) in [6.45, 7) is 3.74. The lowest BCUT2D eigenvalue weighted by molar-refractivity contribution is -0.125. The monoisotopic (exact) mass is 188 g/mol. The number of hydrazine groups is 1. The van der Waals surface area contributed by atoms with Gasteiger partial charge in [-0.15, -0.1) is 0 Å². The van der Waals surface area contributed by atoms with E-state index in [1.807, 2.05) is 5.01 Å². The van der Waals surface area contributed by atoms with Gasteiger partial charge in [-0.2, -0.15) is 12.6 Å². The van der Waals surface area contributed by atoms with Crippen LogP contribution in [0.25, 0.3) is 0 Å². The lowest BCUT2D eigenvalue weighted by atomic mass is 10.2. The van der Waals surface area contributed by atoms with Crippen molar-refractivity contribution in [3.05, 3.63) is 0 Å². The third-order valence-electron chi connectivity index (χ3n) is 2.00. The third-order valence-corrected chi connectivity index (χ3v) is 2.24. The van der Waals surface area contributed by atoms with E-state index in [2.05, 4.69) is 18.1 Å². The molecule has 4 heteroatoms. The highest BCUT2D eigenvalue weighted by molar-refractivity contribution is 7.81. The molecule has 0 aromatic rings. The zero-order valence-corrected chi connectivity index (χ0v) is 8.31. The lowest BCUT2D eigenvalue weighted by Gasteiger charge is -2.27. The summed E-state index contributed by atoms with van der Waals surface area (Å²) in [5.74, 6) is 0.000216. The van der Waals surface area contributed by atoms with Gasteiger partial charge in [0, 0.05) is 13.1 Å². The van der Waals surface area contributed by atoms with E-state index in [9.17, 15) is 4.79 Å². The summed E-state index contributed by atoms with van der Waals surface area (Å²) in [6, 6.07) is 0. The minimum absolute atomic E-state index is 0.000216. The molecule has 1 fully saturated rings. The van der Waals surface area contributed by atoms with Crippen molar-refractivity contribution in [3.8, 4) is 0 Å². The van der Waals surface area contributed by atoms with Gasteiger partial charge in [0.05, 0.1) is 5.25 Å². The zero-order chi connectivity index (χ0) is 8.97. The van der Waals surface area contributed by atoms with Crippen molar-refractivity contribution < 1.29 is 4.79 Å². The summed E-state index contributed by atoms with van der Waals surface area (Å²) < 4.78 is 0. The molecule has 1 rings (SSSR count). The Bertz CT molecular complexity index is 155. The maximum atomic E-state index is 11.2. The molecule has 1 amide bonds. The van der Waals surface area contributed by atoms with Crippen LogP contribution in [-0.2, 0) is 4.79 Å². The molecule has 1 atom stereocenters. The van der Waals surface area contributed by atoms with E-state index in [1.54, 1.807) is 6.92 Å². The van der Waals surface area contributed by atoms with Crippen molar-refractivity contribution in [1.82, 2.24) is 10.4 Å². The minimum atomic E-state index is -0.216. The molecule has 1 saturated heterocycles. The number of piperidine rings is 1. The summed E-state index contributed by atoms with van der Waals surface area (Å²) in [4.78, 5) is 11.2. The van der Waals surface area contributed by atoms with Gasteiger partial charge in [0.1, 0.15) is 0 Å². The molecule has 0 aromatic carbocycles. The van der Waals surface area contributed by atoms with Crippen molar-refractivity contribution in [2.75, 3.05) is 13.1 Å². The summed E-state index contributed by atoms with van der Waals surface area (Å²) in [5.41, 5.74) is 2.84. The molecular weight excluding hydrogens is 172 g/mol. The highest BCUT2D eigenvalue weighted by atomic mass is 32.1. The van der Waals surface area contributed by atoms with Gasteiger partial charge in [-0.1, -0.05) is 6.42 Å². The predicted octanol–water partition coefficient (Wildman–Crippen LogP) is 0.822. The van der Waals surface area contributed by atoms with E-state index in [1.165, 1.54) is 19.3 Å². The van der Waals surface area contributed by atoms with E-state index in [4.69, 9.17) is 0 Å². The summed E-state index contributed by atoms with van der Waals surface area (Å²) >= 11 is 4.05. The Hall–Kier alpha value is -0.220. The van der Waals surface area contributed by atoms with Gasteiger partial charge in [0.15, 0.2) is 0 Å². The van der Waals surface area contributed by atoms with Crippen molar-refractivity contribution in [2.24, 2.45) is 0 Å². The number of amides is 1. The number of nitrogens with one attached hydrogen (secondary N) is 1. The van der Waals surface area contributed by atoms with Gasteiger partial charge in [-0.05, 0) is 19.8 Å². The Morgan fingerprint density at radius 1 is 1.42 bits per heavy atom. The van der Waals surface area contributed by atoms with Crippen molar-refractivity contribution in [3.63, 3.8) is 0 Å². The number of carbonyl (C=O) groups excluding carboxylic acids is 1. The predicted molar refractivity (Wildman–Crippen MR) is 52.0 cm³/mol. The molecule has 0 spiro atoms. The molecule has 12 heavy (non-hydrogen) atoms. The quantitative estimate of drug-likeness (QED) is 0.629. The minimum Gasteiger partial charge on any atom is -0.288 e. The first-order valence-corrected chi connectivity index (χ1v) is 4.95. The Kier molecular flexibility index (Phi) is 3.88. The zero-order valence-electron chi connectivity index (χ0n) is 7.42. The largest absolute Gasteiger partial charge is 0.288 e. The molecule has 0 saturated carbocycles. The molecule has 1 aliphatic rings. The fraction of sp³-hybridized carbons (Fsp3) is 0.875. The molecular formula is C8H16N2OS. The average molecular weight is 188 g/mol. The number of carbonyl (C=O) groups is 1. The van der Waals surface area contributed by atoms with Crippen LogP contribution in [0.15, 0.2) is 0 Å². The molecule has 3 nitrogen and oxygen atoms in total. The van der Waals surface area contributed by atoms with Crippen LogP contribution < -0.4 is 5.43 Å². The molecule has 0 aliphatic carbocycles. The second-order valence-electron chi connectivity index (χ2n) is 3.20.